The first-order valence-corrected chi connectivity index (χ1v) is 8.60. The van der Waals surface area contributed by atoms with E-state index in [0.717, 1.165) is 4.57 Å². The SMILES string of the molecule is C[C@@H]1CN(c2nc(=O)n(C)c(N)c2[N+](=O)[O-])[C@@H](C)CN1C(=O)OC(C)(C)C. The molecule has 1 saturated heterocycles. The van der Waals surface area contributed by atoms with Gasteiger partial charge in [0.25, 0.3) is 0 Å². The second-order valence-electron chi connectivity index (χ2n) is 7.75. The second-order valence-corrected chi connectivity index (χ2v) is 7.75. The fourth-order valence-corrected chi connectivity index (χ4v) is 2.97. The number of hydrogen-bond donors (Lipinski definition) is 1. The highest BCUT2D eigenvalue weighted by Crippen LogP contribution is 2.33. The maximum Gasteiger partial charge on any atom is 0.410 e. The van der Waals surface area contributed by atoms with Crippen LogP contribution in [0, 0.1) is 10.1 Å². The summed E-state index contributed by atoms with van der Waals surface area (Å²) in [6.07, 6.45) is -0.451. The largest absolute Gasteiger partial charge is 0.444 e. The smallest absolute Gasteiger partial charge is 0.410 e. The first-order chi connectivity index (χ1) is 12.3. The number of hydrogen-bond acceptors (Lipinski definition) is 8. The Morgan fingerprint density at radius 3 is 2.41 bits per heavy atom. The molecule has 1 aliphatic heterocycles. The normalized spacial score (nSPS) is 20.5. The summed E-state index contributed by atoms with van der Waals surface area (Å²) in [6, 6.07) is -0.630. The number of ether oxygens (including phenoxy) is 1. The Balaban J connectivity index is 2.37. The van der Waals surface area contributed by atoms with E-state index in [9.17, 15) is 19.7 Å². The van der Waals surface area contributed by atoms with Gasteiger partial charge in [0.05, 0.1) is 4.92 Å². The number of aromatic nitrogens is 2. The van der Waals surface area contributed by atoms with Gasteiger partial charge in [-0.3, -0.25) is 14.7 Å². The van der Waals surface area contributed by atoms with Crippen LogP contribution in [-0.4, -0.2) is 56.2 Å². The van der Waals surface area contributed by atoms with Crippen LogP contribution in [0.1, 0.15) is 34.6 Å². The standard InChI is InChI=1S/C16H26N6O5/c1-9-8-21(15(24)27-16(3,4)5)10(2)7-20(9)13-11(22(25)26)12(17)19(6)14(23)18-13/h9-10H,7-8,17H2,1-6H3/t9-,10+/m0/s1. The summed E-state index contributed by atoms with van der Waals surface area (Å²) in [7, 11) is 1.33. The first-order valence-electron chi connectivity index (χ1n) is 8.60. The monoisotopic (exact) mass is 382 g/mol. The molecular weight excluding hydrogens is 356 g/mol. The minimum Gasteiger partial charge on any atom is -0.444 e. The molecule has 11 heteroatoms. The summed E-state index contributed by atoms with van der Waals surface area (Å²) in [5.41, 5.74) is 4.07. The molecule has 0 saturated carbocycles. The zero-order valence-electron chi connectivity index (χ0n) is 16.4. The highest BCUT2D eigenvalue weighted by atomic mass is 16.6. The maximum absolute atomic E-state index is 12.4. The topological polar surface area (TPSA) is 137 Å². The Bertz CT molecular complexity index is 815. The van der Waals surface area contributed by atoms with Gasteiger partial charge in [-0.15, -0.1) is 0 Å². The number of nitrogen functional groups attached to an aromatic ring is 1. The summed E-state index contributed by atoms with van der Waals surface area (Å²) >= 11 is 0. The molecule has 0 aromatic carbocycles. The summed E-state index contributed by atoms with van der Waals surface area (Å²) in [4.78, 5) is 42.4. The third kappa shape index (κ3) is 4.12. The molecule has 1 fully saturated rings. The number of anilines is 2. The fourth-order valence-electron chi connectivity index (χ4n) is 2.97. The molecule has 0 aliphatic carbocycles. The summed E-state index contributed by atoms with van der Waals surface area (Å²) in [5.74, 6) is -0.340. The molecule has 0 bridgehead atoms. The van der Waals surface area contributed by atoms with Gasteiger partial charge in [0, 0.05) is 32.2 Å². The van der Waals surface area contributed by atoms with Crippen molar-refractivity contribution in [2.75, 3.05) is 23.7 Å². The predicted molar refractivity (Wildman–Crippen MR) is 99.8 cm³/mol. The molecule has 2 rings (SSSR count). The van der Waals surface area contributed by atoms with E-state index in [0.29, 0.717) is 0 Å². The van der Waals surface area contributed by atoms with Crippen LogP contribution in [0.2, 0.25) is 0 Å². The Labute approximate surface area is 156 Å². The van der Waals surface area contributed by atoms with Crippen molar-refractivity contribution in [3.05, 3.63) is 20.6 Å². The molecule has 150 valence electrons. The van der Waals surface area contributed by atoms with Crippen LogP contribution >= 0.6 is 0 Å². The Morgan fingerprint density at radius 1 is 1.30 bits per heavy atom. The van der Waals surface area contributed by atoms with Gasteiger partial charge < -0.3 is 20.3 Å². The fraction of sp³-hybridized carbons (Fsp3) is 0.688. The van der Waals surface area contributed by atoms with Crippen molar-refractivity contribution in [1.29, 1.82) is 0 Å². The average Bonchev–Trinajstić information content (AvgIpc) is 2.51. The van der Waals surface area contributed by atoms with Crippen molar-refractivity contribution >= 4 is 23.4 Å². The second kappa shape index (κ2) is 7.05. The Hall–Kier alpha value is -2.85. The molecule has 11 nitrogen and oxygen atoms in total. The molecule has 2 heterocycles. The van der Waals surface area contributed by atoms with E-state index in [4.69, 9.17) is 10.5 Å². The molecule has 0 unspecified atom stereocenters. The van der Waals surface area contributed by atoms with Crippen molar-refractivity contribution < 1.29 is 14.5 Å². The lowest BCUT2D eigenvalue weighted by atomic mass is 10.1. The van der Waals surface area contributed by atoms with Crippen LogP contribution in [-0.2, 0) is 11.8 Å². The van der Waals surface area contributed by atoms with Crippen molar-refractivity contribution in [2.45, 2.75) is 52.3 Å². The van der Waals surface area contributed by atoms with E-state index < -0.39 is 28.0 Å². The minimum atomic E-state index is -0.678. The molecule has 1 amide bonds. The Kier molecular flexibility index (Phi) is 5.34. The van der Waals surface area contributed by atoms with Gasteiger partial charge in [0.1, 0.15) is 5.60 Å². The summed E-state index contributed by atoms with van der Waals surface area (Å²) in [5, 5.41) is 11.5. The van der Waals surface area contributed by atoms with Gasteiger partial charge in [-0.05, 0) is 34.6 Å². The van der Waals surface area contributed by atoms with Crippen molar-refractivity contribution in [1.82, 2.24) is 14.5 Å². The van der Waals surface area contributed by atoms with Crippen LogP contribution in [0.5, 0.6) is 0 Å². The number of carbonyl (C=O) groups excluding carboxylic acids is 1. The van der Waals surface area contributed by atoms with Crippen molar-refractivity contribution in [3.63, 3.8) is 0 Å². The molecular formula is C16H26N6O5. The molecule has 2 atom stereocenters. The van der Waals surface area contributed by atoms with Gasteiger partial charge >= 0.3 is 17.5 Å². The maximum atomic E-state index is 12.4. The third-order valence-corrected chi connectivity index (χ3v) is 4.37. The first kappa shape index (κ1) is 20.5. The quantitative estimate of drug-likeness (QED) is 0.593. The lowest BCUT2D eigenvalue weighted by Gasteiger charge is -2.44. The van der Waals surface area contributed by atoms with E-state index in [1.165, 1.54) is 7.05 Å². The van der Waals surface area contributed by atoms with Crippen LogP contribution in [0.15, 0.2) is 4.79 Å². The van der Waals surface area contributed by atoms with E-state index in [1.54, 1.807) is 44.4 Å². The number of nitrogens with two attached hydrogens (primary N) is 1. The van der Waals surface area contributed by atoms with Crippen LogP contribution < -0.4 is 16.3 Å². The van der Waals surface area contributed by atoms with E-state index in [-0.39, 0.29) is 36.8 Å². The van der Waals surface area contributed by atoms with Crippen molar-refractivity contribution in [2.24, 2.45) is 7.05 Å². The van der Waals surface area contributed by atoms with Gasteiger partial charge in [0.2, 0.25) is 5.82 Å². The molecule has 1 aliphatic rings. The molecule has 27 heavy (non-hydrogen) atoms. The van der Waals surface area contributed by atoms with Gasteiger partial charge in [0.15, 0.2) is 5.82 Å². The number of nitro groups is 1. The molecule has 0 spiro atoms. The molecule has 0 radical (unpaired) electrons. The summed E-state index contributed by atoms with van der Waals surface area (Å²) < 4.78 is 6.36. The van der Waals surface area contributed by atoms with Crippen molar-refractivity contribution in [3.8, 4) is 0 Å². The molecule has 1 aromatic heterocycles. The molecule has 2 N–H and O–H groups in total. The van der Waals surface area contributed by atoms with Crippen LogP contribution in [0.4, 0.5) is 22.1 Å². The van der Waals surface area contributed by atoms with Crippen LogP contribution in [0.25, 0.3) is 0 Å². The zero-order valence-corrected chi connectivity index (χ0v) is 16.4. The van der Waals surface area contributed by atoms with Crippen LogP contribution in [0.3, 0.4) is 0 Å². The predicted octanol–water partition coefficient (Wildman–Crippen LogP) is 1.10. The van der Waals surface area contributed by atoms with Gasteiger partial charge in [-0.1, -0.05) is 0 Å². The van der Waals surface area contributed by atoms with E-state index in [2.05, 4.69) is 4.98 Å². The number of rotatable bonds is 2. The zero-order chi connectivity index (χ0) is 20.7. The highest BCUT2D eigenvalue weighted by molar-refractivity contribution is 5.72. The third-order valence-electron chi connectivity index (χ3n) is 4.37. The number of nitrogens with zero attached hydrogens (tertiary/aromatic N) is 5. The minimum absolute atomic E-state index is 0.0798. The lowest BCUT2D eigenvalue weighted by molar-refractivity contribution is -0.383. The number of amides is 1. The summed E-state index contributed by atoms with van der Waals surface area (Å²) in [6.45, 7) is 9.47. The number of carbonyl (C=O) groups is 1. The molecule has 1 aromatic rings. The Morgan fingerprint density at radius 2 is 1.89 bits per heavy atom. The lowest BCUT2D eigenvalue weighted by Crippen LogP contribution is -2.59. The average molecular weight is 382 g/mol. The van der Waals surface area contributed by atoms with E-state index >= 15 is 0 Å². The number of piperazine rings is 1. The highest BCUT2D eigenvalue weighted by Gasteiger charge is 2.38. The van der Waals surface area contributed by atoms with E-state index in [1.807, 2.05) is 0 Å². The van der Waals surface area contributed by atoms with Gasteiger partial charge in [-0.2, -0.15) is 4.98 Å². The van der Waals surface area contributed by atoms with Gasteiger partial charge in [-0.25, -0.2) is 9.59 Å².